The van der Waals surface area contributed by atoms with E-state index in [0.29, 0.717) is 5.92 Å². The first-order valence-electron chi connectivity index (χ1n) is 3.28. The van der Waals surface area contributed by atoms with Crippen LogP contribution in [0.15, 0.2) is 0 Å². The van der Waals surface area contributed by atoms with E-state index < -0.39 is 0 Å². The summed E-state index contributed by atoms with van der Waals surface area (Å²) in [5, 5.41) is 8.76. The molecule has 0 aromatic rings. The molecule has 0 aromatic carbocycles. The van der Waals surface area contributed by atoms with Gasteiger partial charge in [0.1, 0.15) is 0 Å². The lowest BCUT2D eigenvalue weighted by Gasteiger charge is -1.97. The zero-order chi connectivity index (χ0) is 7.07. The number of methoxy groups -OCH3 is 1. The summed E-state index contributed by atoms with van der Waals surface area (Å²) >= 11 is 0. The molecule has 0 aliphatic heterocycles. The maximum Gasteiger partial charge on any atom is 0.0682 e. The number of aliphatic hydroxyl groups excluding tert-OH is 1. The molecular formula is C7H14O2. The molecule has 0 spiro atoms. The Morgan fingerprint density at radius 1 is 1.56 bits per heavy atom. The first-order valence-corrected chi connectivity index (χ1v) is 3.28. The van der Waals surface area contributed by atoms with E-state index in [1.165, 1.54) is 0 Å². The van der Waals surface area contributed by atoms with Gasteiger partial charge in [-0.3, -0.25) is 0 Å². The molecule has 0 unspecified atom stereocenters. The van der Waals surface area contributed by atoms with Gasteiger partial charge in [-0.25, -0.2) is 0 Å². The van der Waals surface area contributed by atoms with Crippen molar-refractivity contribution in [1.82, 2.24) is 0 Å². The molecule has 0 aromatic heterocycles. The van der Waals surface area contributed by atoms with Gasteiger partial charge in [0.2, 0.25) is 0 Å². The first kappa shape index (κ1) is 7.03. The second-order valence-corrected chi connectivity index (χ2v) is 3.27. The predicted octanol–water partition coefficient (Wildman–Crippen LogP) is 0.650. The third-order valence-electron chi connectivity index (χ3n) is 2.40. The number of rotatable bonds is 2. The lowest BCUT2D eigenvalue weighted by atomic mass is 10.1. The fraction of sp³-hybridized carbons (Fsp3) is 1.00. The van der Waals surface area contributed by atoms with Crippen molar-refractivity contribution < 1.29 is 9.84 Å². The quantitative estimate of drug-likeness (QED) is 0.594. The Hall–Kier alpha value is -0.0800. The monoisotopic (exact) mass is 130 g/mol. The van der Waals surface area contributed by atoms with Gasteiger partial charge < -0.3 is 9.84 Å². The summed E-state index contributed by atoms with van der Waals surface area (Å²) in [5.74, 6) is 0.363. The van der Waals surface area contributed by atoms with E-state index in [9.17, 15) is 0 Å². The number of aliphatic hydroxyl groups is 1. The van der Waals surface area contributed by atoms with Crippen molar-refractivity contribution in [3.63, 3.8) is 0 Å². The van der Waals surface area contributed by atoms with Crippen LogP contribution in [-0.4, -0.2) is 24.9 Å². The standard InChI is InChI=1S/C7H14O2/c1-7(2)5(4-8)6(7)9-3/h5-6,8H,4H2,1-3H3/t5-,6-/m0/s1. The number of ether oxygens (including phenoxy) is 1. The van der Waals surface area contributed by atoms with Gasteiger partial charge >= 0.3 is 0 Å². The molecule has 1 N–H and O–H groups in total. The van der Waals surface area contributed by atoms with Gasteiger partial charge in [-0.05, 0) is 5.41 Å². The molecule has 0 radical (unpaired) electrons. The minimum Gasteiger partial charge on any atom is -0.396 e. The second kappa shape index (κ2) is 1.96. The Labute approximate surface area is 55.8 Å². The number of hydrogen-bond donors (Lipinski definition) is 1. The van der Waals surface area contributed by atoms with Gasteiger partial charge in [0, 0.05) is 19.6 Å². The molecule has 1 fully saturated rings. The van der Waals surface area contributed by atoms with Crippen molar-refractivity contribution in [2.24, 2.45) is 11.3 Å². The zero-order valence-electron chi connectivity index (χ0n) is 6.22. The minimum absolute atomic E-state index is 0.212. The molecule has 2 atom stereocenters. The van der Waals surface area contributed by atoms with Gasteiger partial charge in [-0.2, -0.15) is 0 Å². The Morgan fingerprint density at radius 2 is 2.11 bits per heavy atom. The highest BCUT2D eigenvalue weighted by molar-refractivity contribution is 5.06. The summed E-state index contributed by atoms with van der Waals surface area (Å²) in [6.07, 6.45) is 0.280. The predicted molar refractivity (Wildman–Crippen MR) is 35.2 cm³/mol. The lowest BCUT2D eigenvalue weighted by molar-refractivity contribution is 0.139. The normalized spacial score (nSPS) is 38.7. The maximum absolute atomic E-state index is 8.76. The molecule has 1 saturated carbocycles. The van der Waals surface area contributed by atoms with E-state index in [-0.39, 0.29) is 18.1 Å². The van der Waals surface area contributed by atoms with E-state index in [0.717, 1.165) is 0 Å². The molecule has 0 amide bonds. The van der Waals surface area contributed by atoms with Gasteiger partial charge in [-0.1, -0.05) is 13.8 Å². The SMILES string of the molecule is CO[C@H]1[C@H](CO)C1(C)C. The maximum atomic E-state index is 8.76. The van der Waals surface area contributed by atoms with E-state index in [4.69, 9.17) is 9.84 Å². The van der Waals surface area contributed by atoms with Crippen LogP contribution in [0, 0.1) is 11.3 Å². The van der Waals surface area contributed by atoms with Crippen LogP contribution in [0.1, 0.15) is 13.8 Å². The van der Waals surface area contributed by atoms with Crippen LogP contribution in [0.5, 0.6) is 0 Å². The summed E-state index contributed by atoms with van der Waals surface area (Å²) in [6.45, 7) is 4.48. The topological polar surface area (TPSA) is 29.5 Å². The molecule has 54 valence electrons. The van der Waals surface area contributed by atoms with Crippen LogP contribution in [0.2, 0.25) is 0 Å². The number of hydrogen-bond acceptors (Lipinski definition) is 2. The molecule has 1 aliphatic carbocycles. The van der Waals surface area contributed by atoms with E-state index in [2.05, 4.69) is 13.8 Å². The molecule has 1 rings (SSSR count). The third kappa shape index (κ3) is 0.864. The fourth-order valence-corrected chi connectivity index (χ4v) is 1.49. The van der Waals surface area contributed by atoms with Crippen LogP contribution in [0.25, 0.3) is 0 Å². The zero-order valence-corrected chi connectivity index (χ0v) is 6.22. The Balaban J connectivity index is 2.45. The lowest BCUT2D eigenvalue weighted by Crippen LogP contribution is -1.96. The van der Waals surface area contributed by atoms with Gasteiger partial charge in [0.15, 0.2) is 0 Å². The summed E-state index contributed by atoms with van der Waals surface area (Å²) < 4.78 is 5.12. The van der Waals surface area contributed by atoms with Crippen LogP contribution < -0.4 is 0 Å². The highest BCUT2D eigenvalue weighted by Crippen LogP contribution is 2.53. The van der Waals surface area contributed by atoms with Crippen molar-refractivity contribution in [3.05, 3.63) is 0 Å². The van der Waals surface area contributed by atoms with Crippen molar-refractivity contribution in [2.75, 3.05) is 13.7 Å². The molecule has 0 heterocycles. The van der Waals surface area contributed by atoms with Gasteiger partial charge in [0.05, 0.1) is 6.10 Å². The first-order chi connectivity index (χ1) is 4.14. The summed E-state index contributed by atoms with van der Waals surface area (Å²) in [5.41, 5.74) is 0.212. The second-order valence-electron chi connectivity index (χ2n) is 3.27. The highest BCUT2D eigenvalue weighted by atomic mass is 16.5. The van der Waals surface area contributed by atoms with Crippen molar-refractivity contribution in [3.8, 4) is 0 Å². The molecular weight excluding hydrogens is 116 g/mol. The Bertz CT molecular complexity index is 97.5. The molecule has 9 heavy (non-hydrogen) atoms. The fourth-order valence-electron chi connectivity index (χ4n) is 1.49. The van der Waals surface area contributed by atoms with Gasteiger partial charge in [0.25, 0.3) is 0 Å². The summed E-state index contributed by atoms with van der Waals surface area (Å²) in [6, 6.07) is 0. The van der Waals surface area contributed by atoms with E-state index >= 15 is 0 Å². The van der Waals surface area contributed by atoms with Crippen LogP contribution in [0.4, 0.5) is 0 Å². The summed E-state index contributed by atoms with van der Waals surface area (Å²) in [7, 11) is 1.70. The van der Waals surface area contributed by atoms with Crippen molar-refractivity contribution in [1.29, 1.82) is 0 Å². The van der Waals surface area contributed by atoms with Crippen LogP contribution >= 0.6 is 0 Å². The third-order valence-corrected chi connectivity index (χ3v) is 2.40. The van der Waals surface area contributed by atoms with Gasteiger partial charge in [-0.15, -0.1) is 0 Å². The van der Waals surface area contributed by atoms with E-state index in [1.807, 2.05) is 0 Å². The van der Waals surface area contributed by atoms with Crippen LogP contribution in [-0.2, 0) is 4.74 Å². The average molecular weight is 130 g/mol. The Kier molecular flexibility index (Phi) is 1.53. The Morgan fingerprint density at radius 3 is 2.22 bits per heavy atom. The molecule has 2 heteroatoms. The smallest absolute Gasteiger partial charge is 0.0682 e. The van der Waals surface area contributed by atoms with Crippen LogP contribution in [0.3, 0.4) is 0 Å². The molecule has 0 saturated heterocycles. The largest absolute Gasteiger partial charge is 0.396 e. The van der Waals surface area contributed by atoms with E-state index in [1.54, 1.807) is 7.11 Å². The average Bonchev–Trinajstić information content (AvgIpc) is 2.32. The van der Waals surface area contributed by atoms with Crippen molar-refractivity contribution >= 4 is 0 Å². The highest BCUT2D eigenvalue weighted by Gasteiger charge is 2.57. The molecule has 2 nitrogen and oxygen atoms in total. The minimum atomic E-state index is 0.212. The molecule has 0 bridgehead atoms. The summed E-state index contributed by atoms with van der Waals surface area (Å²) in [4.78, 5) is 0. The van der Waals surface area contributed by atoms with Crippen molar-refractivity contribution in [2.45, 2.75) is 20.0 Å². The molecule has 1 aliphatic rings.